The molecule has 0 aliphatic heterocycles. The van der Waals surface area contributed by atoms with Crippen molar-refractivity contribution in [1.82, 2.24) is 15.5 Å². The number of halogens is 1. The summed E-state index contributed by atoms with van der Waals surface area (Å²) in [7, 11) is 0. The van der Waals surface area contributed by atoms with Crippen LogP contribution in [-0.4, -0.2) is 16.1 Å². The third kappa shape index (κ3) is 3.55. The molecule has 0 unspecified atom stereocenters. The normalized spacial score (nSPS) is 12.3. The van der Waals surface area contributed by atoms with Crippen molar-refractivity contribution in [3.63, 3.8) is 0 Å². The number of nitrogens with zero attached hydrogens (tertiary/aromatic N) is 1. The number of aromatic amines is 1. The molecule has 0 spiro atoms. The molecule has 2 aromatic carbocycles. The molecule has 1 heterocycles. The van der Waals surface area contributed by atoms with Crippen LogP contribution in [0.3, 0.4) is 0 Å². The highest BCUT2D eigenvalue weighted by Gasteiger charge is 2.16. The van der Waals surface area contributed by atoms with Gasteiger partial charge in [-0.15, -0.1) is 0 Å². The van der Waals surface area contributed by atoms with Crippen LogP contribution < -0.4 is 5.32 Å². The van der Waals surface area contributed by atoms with E-state index in [-0.39, 0.29) is 11.9 Å². The zero-order valence-electron chi connectivity index (χ0n) is 12.8. The lowest BCUT2D eigenvalue weighted by atomic mass is 10.0. The van der Waals surface area contributed by atoms with Gasteiger partial charge in [-0.05, 0) is 52.8 Å². The largest absolute Gasteiger partial charge is 0.345 e. The third-order valence-corrected chi connectivity index (χ3v) is 4.69. The molecular weight excluding hydrogens is 401 g/mol. The molecule has 0 saturated heterocycles. The maximum atomic E-state index is 12.6. The van der Waals surface area contributed by atoms with Crippen LogP contribution in [0.5, 0.6) is 0 Å². The van der Waals surface area contributed by atoms with E-state index in [1.807, 2.05) is 36.4 Å². The Kier molecular flexibility index (Phi) is 4.95. The van der Waals surface area contributed by atoms with E-state index in [4.69, 9.17) is 0 Å². The quantitative estimate of drug-likeness (QED) is 0.601. The van der Waals surface area contributed by atoms with Crippen molar-refractivity contribution in [3.8, 4) is 0 Å². The van der Waals surface area contributed by atoms with Crippen LogP contribution in [0.4, 0.5) is 0 Å². The predicted octanol–water partition coefficient (Wildman–Crippen LogP) is 4.44. The van der Waals surface area contributed by atoms with Crippen LogP contribution in [0.15, 0.2) is 48.5 Å². The second kappa shape index (κ2) is 7.12. The predicted molar refractivity (Wildman–Crippen MR) is 100 cm³/mol. The highest BCUT2D eigenvalue weighted by atomic mass is 127. The van der Waals surface area contributed by atoms with Crippen molar-refractivity contribution in [2.75, 3.05) is 0 Å². The number of carbonyl (C=O) groups is 1. The lowest BCUT2D eigenvalue weighted by Gasteiger charge is -2.18. The summed E-state index contributed by atoms with van der Waals surface area (Å²) < 4.78 is 0.875. The van der Waals surface area contributed by atoms with Crippen LogP contribution in [0.1, 0.15) is 41.7 Å². The summed E-state index contributed by atoms with van der Waals surface area (Å²) in [4.78, 5) is 12.6. The highest BCUT2D eigenvalue weighted by molar-refractivity contribution is 14.1. The minimum Gasteiger partial charge on any atom is -0.345 e. The Labute approximate surface area is 148 Å². The number of rotatable bonds is 5. The maximum Gasteiger partial charge on any atom is 0.251 e. The Hall–Kier alpha value is -1.89. The van der Waals surface area contributed by atoms with Gasteiger partial charge in [-0.25, -0.2) is 0 Å². The van der Waals surface area contributed by atoms with Crippen LogP contribution >= 0.6 is 22.6 Å². The Morgan fingerprint density at radius 3 is 2.78 bits per heavy atom. The molecule has 4 nitrogen and oxygen atoms in total. The fourth-order valence-corrected chi connectivity index (χ4v) is 3.23. The van der Waals surface area contributed by atoms with E-state index >= 15 is 0 Å². The first-order valence-corrected chi connectivity index (χ1v) is 8.76. The average Bonchev–Trinajstić information content (AvgIpc) is 2.96. The van der Waals surface area contributed by atoms with Gasteiger partial charge in [-0.2, -0.15) is 5.10 Å². The summed E-state index contributed by atoms with van der Waals surface area (Å²) >= 11 is 2.17. The van der Waals surface area contributed by atoms with Gasteiger partial charge in [0.25, 0.3) is 5.91 Å². The second-order valence-electron chi connectivity index (χ2n) is 5.50. The fraction of sp³-hybridized carbons (Fsp3) is 0.222. The fourth-order valence-electron chi connectivity index (χ4n) is 2.66. The van der Waals surface area contributed by atoms with Crippen molar-refractivity contribution in [2.45, 2.75) is 25.8 Å². The maximum absolute atomic E-state index is 12.6. The van der Waals surface area contributed by atoms with Gasteiger partial charge < -0.3 is 5.32 Å². The molecule has 0 fully saturated rings. The van der Waals surface area contributed by atoms with Crippen LogP contribution in [0, 0.1) is 3.70 Å². The van der Waals surface area contributed by atoms with Crippen LogP contribution in [0.2, 0.25) is 0 Å². The number of amides is 1. The molecule has 1 amide bonds. The van der Waals surface area contributed by atoms with E-state index in [2.05, 4.69) is 57.2 Å². The SMILES string of the molecule is CCC[C@H](NC(=O)c1ccc2[nH]nc(I)c2c1)c1ccccc1. The topological polar surface area (TPSA) is 57.8 Å². The van der Waals surface area contributed by atoms with E-state index in [0.29, 0.717) is 5.56 Å². The van der Waals surface area contributed by atoms with Crippen LogP contribution in [-0.2, 0) is 0 Å². The number of H-pyrrole nitrogens is 1. The summed E-state index contributed by atoms with van der Waals surface area (Å²) in [6, 6.07) is 15.8. The van der Waals surface area contributed by atoms with E-state index < -0.39 is 0 Å². The van der Waals surface area contributed by atoms with Gasteiger partial charge in [0.05, 0.1) is 11.6 Å². The Balaban J connectivity index is 1.84. The number of hydrogen-bond acceptors (Lipinski definition) is 2. The lowest BCUT2D eigenvalue weighted by Crippen LogP contribution is -2.28. The van der Waals surface area contributed by atoms with Gasteiger partial charge in [-0.3, -0.25) is 9.89 Å². The molecule has 2 N–H and O–H groups in total. The molecule has 3 aromatic rings. The molecule has 0 bridgehead atoms. The van der Waals surface area contributed by atoms with Gasteiger partial charge in [-0.1, -0.05) is 43.7 Å². The van der Waals surface area contributed by atoms with E-state index in [0.717, 1.165) is 33.0 Å². The lowest BCUT2D eigenvalue weighted by molar-refractivity contribution is 0.0934. The minimum atomic E-state index is -0.0498. The minimum absolute atomic E-state index is 0.0350. The van der Waals surface area contributed by atoms with Gasteiger partial charge in [0.1, 0.15) is 3.70 Å². The van der Waals surface area contributed by atoms with Gasteiger partial charge in [0.2, 0.25) is 0 Å². The van der Waals surface area contributed by atoms with E-state index in [1.165, 1.54) is 0 Å². The number of hydrogen-bond donors (Lipinski definition) is 2. The summed E-state index contributed by atoms with van der Waals surface area (Å²) in [5, 5.41) is 11.2. The van der Waals surface area contributed by atoms with Gasteiger partial charge >= 0.3 is 0 Å². The molecule has 5 heteroatoms. The zero-order valence-corrected chi connectivity index (χ0v) is 15.0. The highest BCUT2D eigenvalue weighted by Crippen LogP contribution is 2.21. The third-order valence-electron chi connectivity index (χ3n) is 3.86. The average molecular weight is 419 g/mol. The summed E-state index contributed by atoms with van der Waals surface area (Å²) in [5.41, 5.74) is 2.75. The first-order valence-electron chi connectivity index (χ1n) is 7.68. The molecule has 1 atom stereocenters. The molecule has 0 aliphatic carbocycles. The second-order valence-corrected chi connectivity index (χ2v) is 6.52. The van der Waals surface area contributed by atoms with Gasteiger partial charge in [0.15, 0.2) is 0 Å². The molecule has 23 heavy (non-hydrogen) atoms. The van der Waals surface area contributed by atoms with Crippen molar-refractivity contribution in [3.05, 3.63) is 63.4 Å². The molecule has 3 rings (SSSR count). The molecule has 118 valence electrons. The number of carbonyl (C=O) groups excluding carboxylic acids is 1. The number of nitrogens with one attached hydrogen (secondary N) is 2. The Morgan fingerprint density at radius 2 is 2.04 bits per heavy atom. The smallest absolute Gasteiger partial charge is 0.251 e. The molecule has 0 aliphatic rings. The first-order chi connectivity index (χ1) is 11.2. The van der Waals surface area contributed by atoms with Crippen molar-refractivity contribution < 1.29 is 4.79 Å². The molecule has 0 radical (unpaired) electrons. The number of fused-ring (bicyclic) bond motifs is 1. The number of benzene rings is 2. The standard InChI is InChI=1S/C18H18IN3O/c1-2-6-15(12-7-4-3-5-8-12)20-18(23)13-9-10-16-14(11-13)17(19)22-21-16/h3-5,7-11,15H,2,6H2,1H3,(H,20,23)(H,21,22)/t15-/m0/s1. The van der Waals surface area contributed by atoms with Crippen molar-refractivity contribution >= 4 is 39.4 Å². The first kappa shape index (κ1) is 16.0. The summed E-state index contributed by atoms with van der Waals surface area (Å²) in [5.74, 6) is -0.0498. The monoisotopic (exact) mass is 419 g/mol. The van der Waals surface area contributed by atoms with Crippen molar-refractivity contribution in [1.29, 1.82) is 0 Å². The van der Waals surface area contributed by atoms with E-state index in [1.54, 1.807) is 0 Å². The molecular formula is C18H18IN3O. The Morgan fingerprint density at radius 1 is 1.26 bits per heavy atom. The summed E-state index contributed by atoms with van der Waals surface area (Å²) in [6.45, 7) is 2.13. The number of aromatic nitrogens is 2. The Bertz CT molecular complexity index is 814. The summed E-state index contributed by atoms with van der Waals surface area (Å²) in [6.07, 6.45) is 1.93. The van der Waals surface area contributed by atoms with Crippen molar-refractivity contribution in [2.24, 2.45) is 0 Å². The van der Waals surface area contributed by atoms with Gasteiger partial charge in [0, 0.05) is 10.9 Å². The molecule has 0 saturated carbocycles. The van der Waals surface area contributed by atoms with Crippen LogP contribution in [0.25, 0.3) is 10.9 Å². The zero-order chi connectivity index (χ0) is 16.2. The van der Waals surface area contributed by atoms with E-state index in [9.17, 15) is 4.79 Å². The molecule has 1 aromatic heterocycles.